The molecule has 0 atom stereocenters. The van der Waals surface area contributed by atoms with Gasteiger partial charge in [-0.2, -0.15) is 0 Å². The average molecular weight is 566 g/mol. The van der Waals surface area contributed by atoms with Crippen LogP contribution in [0.2, 0.25) is 0 Å². The molecule has 0 saturated carbocycles. The summed E-state index contributed by atoms with van der Waals surface area (Å²) >= 11 is 0. The van der Waals surface area contributed by atoms with Gasteiger partial charge in [0.05, 0.1) is 11.2 Å². The van der Waals surface area contributed by atoms with Crippen LogP contribution in [0.5, 0.6) is 0 Å². The molecule has 8 rings (SSSR count). The normalized spacial score (nSPS) is 13.0. The van der Waals surface area contributed by atoms with Crippen LogP contribution in [-0.2, 0) is 5.41 Å². The third-order valence-corrected chi connectivity index (χ3v) is 9.13. The standard InChI is InChI=1S/C42H31NO/c1-42(2)36-21-9-10-22-38(36)43-37-24-23-32(27-35(37)39(41(42)43)29-15-7-4-8-16-29)31-18-12-20-34(26-31)40(44)33-19-11-17-30(25-33)28-13-5-3-6-14-28/h3-27H,1-2H3. The van der Waals surface area contributed by atoms with Gasteiger partial charge >= 0.3 is 0 Å². The molecule has 0 amide bonds. The minimum atomic E-state index is -0.151. The first kappa shape index (κ1) is 26.2. The summed E-state index contributed by atoms with van der Waals surface area (Å²) in [5, 5.41) is 1.22. The Labute approximate surface area is 257 Å². The summed E-state index contributed by atoms with van der Waals surface area (Å²) in [5.74, 6) is 0.0249. The minimum absolute atomic E-state index is 0.0249. The molecule has 2 heteroatoms. The van der Waals surface area contributed by atoms with Crippen molar-refractivity contribution in [2.75, 3.05) is 0 Å². The van der Waals surface area contributed by atoms with Gasteiger partial charge in [0.25, 0.3) is 0 Å². The van der Waals surface area contributed by atoms with Crippen molar-refractivity contribution in [2.45, 2.75) is 19.3 Å². The molecule has 0 N–H and O–H groups in total. The molecule has 0 fully saturated rings. The van der Waals surface area contributed by atoms with E-state index in [1.54, 1.807) is 0 Å². The average Bonchev–Trinajstić information content (AvgIpc) is 3.55. The lowest BCUT2D eigenvalue weighted by Gasteiger charge is -2.21. The van der Waals surface area contributed by atoms with Crippen LogP contribution in [0.15, 0.2) is 152 Å². The zero-order chi connectivity index (χ0) is 29.8. The molecule has 1 aromatic heterocycles. The first-order valence-electron chi connectivity index (χ1n) is 15.2. The fourth-order valence-electron chi connectivity index (χ4n) is 7.01. The van der Waals surface area contributed by atoms with Crippen LogP contribution >= 0.6 is 0 Å². The van der Waals surface area contributed by atoms with Gasteiger partial charge in [-0.15, -0.1) is 0 Å². The van der Waals surface area contributed by atoms with Crippen molar-refractivity contribution in [1.82, 2.24) is 4.57 Å². The molecule has 0 bridgehead atoms. The number of hydrogen-bond donors (Lipinski definition) is 0. The topological polar surface area (TPSA) is 22.0 Å². The van der Waals surface area contributed by atoms with E-state index in [1.807, 2.05) is 54.6 Å². The summed E-state index contributed by atoms with van der Waals surface area (Å²) in [6.07, 6.45) is 0. The molecular formula is C42H31NO. The van der Waals surface area contributed by atoms with Gasteiger partial charge < -0.3 is 4.57 Å². The van der Waals surface area contributed by atoms with Gasteiger partial charge in [-0.1, -0.05) is 135 Å². The van der Waals surface area contributed by atoms with E-state index in [2.05, 4.69) is 115 Å². The number of para-hydroxylation sites is 1. The summed E-state index contributed by atoms with van der Waals surface area (Å²) in [4.78, 5) is 13.7. The fourth-order valence-corrected chi connectivity index (χ4v) is 7.01. The molecule has 0 saturated heterocycles. The first-order chi connectivity index (χ1) is 21.5. The lowest BCUT2D eigenvalue weighted by molar-refractivity contribution is 0.103. The Morgan fingerprint density at radius 1 is 0.523 bits per heavy atom. The number of fused-ring (bicyclic) bond motifs is 5. The van der Waals surface area contributed by atoms with Crippen LogP contribution in [0.25, 0.3) is 50.0 Å². The van der Waals surface area contributed by atoms with Crippen molar-refractivity contribution in [2.24, 2.45) is 0 Å². The molecular weight excluding hydrogens is 534 g/mol. The molecule has 210 valence electrons. The van der Waals surface area contributed by atoms with E-state index in [1.165, 1.54) is 39.0 Å². The lowest BCUT2D eigenvalue weighted by Crippen LogP contribution is -2.16. The molecule has 2 heterocycles. The zero-order valence-corrected chi connectivity index (χ0v) is 24.8. The molecule has 0 spiro atoms. The second kappa shape index (κ2) is 10.1. The molecule has 0 radical (unpaired) electrons. The van der Waals surface area contributed by atoms with E-state index in [-0.39, 0.29) is 11.2 Å². The van der Waals surface area contributed by atoms with Crippen LogP contribution in [-0.4, -0.2) is 10.4 Å². The predicted octanol–water partition coefficient (Wildman–Crippen LogP) is 10.5. The maximum Gasteiger partial charge on any atom is 0.193 e. The molecule has 0 aliphatic carbocycles. The summed E-state index contributed by atoms with van der Waals surface area (Å²) in [7, 11) is 0. The fraction of sp³-hybridized carbons (Fsp3) is 0.0714. The number of hydrogen-bond acceptors (Lipinski definition) is 1. The van der Waals surface area contributed by atoms with Gasteiger partial charge in [-0.3, -0.25) is 4.79 Å². The van der Waals surface area contributed by atoms with E-state index >= 15 is 0 Å². The highest BCUT2D eigenvalue weighted by Crippen LogP contribution is 2.51. The van der Waals surface area contributed by atoms with E-state index in [0.717, 1.165) is 22.3 Å². The molecule has 2 nitrogen and oxygen atoms in total. The van der Waals surface area contributed by atoms with Gasteiger partial charge in [0.15, 0.2) is 5.78 Å². The Hall–Kier alpha value is -5.47. The third kappa shape index (κ3) is 4.06. The van der Waals surface area contributed by atoms with Crippen molar-refractivity contribution < 1.29 is 4.79 Å². The molecule has 44 heavy (non-hydrogen) atoms. The number of ketones is 1. The number of benzene rings is 6. The number of carbonyl (C=O) groups excluding carboxylic acids is 1. The monoisotopic (exact) mass is 565 g/mol. The van der Waals surface area contributed by atoms with Crippen LogP contribution in [0.3, 0.4) is 0 Å². The number of aromatic nitrogens is 1. The van der Waals surface area contributed by atoms with Crippen LogP contribution in [0.1, 0.15) is 41.0 Å². The largest absolute Gasteiger partial charge is 0.312 e. The molecule has 1 aliphatic heterocycles. The number of carbonyl (C=O) groups is 1. The molecule has 0 unspecified atom stereocenters. The maximum atomic E-state index is 13.7. The van der Waals surface area contributed by atoms with Gasteiger partial charge in [0, 0.05) is 33.2 Å². The smallest absolute Gasteiger partial charge is 0.193 e. The van der Waals surface area contributed by atoms with Crippen LogP contribution in [0.4, 0.5) is 0 Å². The summed E-state index contributed by atoms with van der Waals surface area (Å²) in [6, 6.07) is 52.4. The second-order valence-electron chi connectivity index (χ2n) is 12.2. The van der Waals surface area contributed by atoms with Gasteiger partial charge in [-0.05, 0) is 63.7 Å². The SMILES string of the molecule is CC1(C)c2ccccc2-n2c1c(-c1ccccc1)c1cc(-c3cccc(C(=O)c4cccc(-c5ccccc5)c4)c3)ccc12. The van der Waals surface area contributed by atoms with Gasteiger partial charge in [0.2, 0.25) is 0 Å². The molecule has 6 aromatic carbocycles. The molecule has 7 aromatic rings. The van der Waals surface area contributed by atoms with Gasteiger partial charge in [0.1, 0.15) is 0 Å². The van der Waals surface area contributed by atoms with E-state index in [0.29, 0.717) is 11.1 Å². The lowest BCUT2D eigenvalue weighted by atomic mass is 9.80. The predicted molar refractivity (Wildman–Crippen MR) is 182 cm³/mol. The Morgan fingerprint density at radius 3 is 1.75 bits per heavy atom. The Kier molecular flexibility index (Phi) is 5.99. The van der Waals surface area contributed by atoms with Crippen molar-refractivity contribution in [3.8, 4) is 39.1 Å². The Balaban J connectivity index is 1.25. The Bertz CT molecular complexity index is 2200. The van der Waals surface area contributed by atoms with Crippen molar-refractivity contribution in [3.05, 3.63) is 174 Å². The summed E-state index contributed by atoms with van der Waals surface area (Å²) in [6.45, 7) is 4.66. The van der Waals surface area contributed by atoms with E-state index < -0.39 is 0 Å². The van der Waals surface area contributed by atoms with E-state index in [4.69, 9.17) is 0 Å². The van der Waals surface area contributed by atoms with Crippen molar-refractivity contribution in [1.29, 1.82) is 0 Å². The van der Waals surface area contributed by atoms with Crippen molar-refractivity contribution >= 4 is 16.7 Å². The second-order valence-corrected chi connectivity index (χ2v) is 12.2. The highest BCUT2D eigenvalue weighted by Gasteiger charge is 2.40. The summed E-state index contributed by atoms with van der Waals surface area (Å²) in [5.41, 5.74) is 13.1. The summed E-state index contributed by atoms with van der Waals surface area (Å²) < 4.78 is 2.45. The first-order valence-corrected chi connectivity index (χ1v) is 15.2. The highest BCUT2D eigenvalue weighted by molar-refractivity contribution is 6.10. The van der Waals surface area contributed by atoms with Gasteiger partial charge in [-0.25, -0.2) is 0 Å². The van der Waals surface area contributed by atoms with Crippen LogP contribution in [0, 0.1) is 0 Å². The zero-order valence-electron chi connectivity index (χ0n) is 24.8. The Morgan fingerprint density at radius 2 is 1.07 bits per heavy atom. The highest BCUT2D eigenvalue weighted by atomic mass is 16.1. The van der Waals surface area contributed by atoms with Crippen LogP contribution < -0.4 is 0 Å². The quantitative estimate of drug-likeness (QED) is 0.190. The number of rotatable bonds is 5. The van der Waals surface area contributed by atoms with E-state index in [9.17, 15) is 4.79 Å². The minimum Gasteiger partial charge on any atom is -0.312 e. The molecule has 1 aliphatic rings. The van der Waals surface area contributed by atoms with Crippen molar-refractivity contribution in [3.63, 3.8) is 0 Å². The maximum absolute atomic E-state index is 13.7. The number of nitrogens with zero attached hydrogens (tertiary/aromatic N) is 1. The third-order valence-electron chi connectivity index (χ3n) is 9.13.